The van der Waals surface area contributed by atoms with E-state index in [4.69, 9.17) is 19.9 Å². The molecule has 0 amide bonds. The van der Waals surface area contributed by atoms with Gasteiger partial charge in [0.1, 0.15) is 18.9 Å². The maximum atomic E-state index is 12.8. The third kappa shape index (κ3) is 34.4. The quantitative estimate of drug-likeness (QED) is 0.0233. The first-order chi connectivity index (χ1) is 28.0. The van der Waals surface area contributed by atoms with Crippen molar-refractivity contribution >= 4 is 24.0 Å². The van der Waals surface area contributed by atoms with Crippen LogP contribution >= 0.6 is 0 Å². The smallest absolute Gasteiger partial charge is 0.354 e. The van der Waals surface area contributed by atoms with E-state index in [-0.39, 0.29) is 37.3 Å². The van der Waals surface area contributed by atoms with Crippen molar-refractivity contribution in [3.05, 3.63) is 65.9 Å². The van der Waals surface area contributed by atoms with E-state index in [1.807, 2.05) is 30.3 Å². The summed E-state index contributed by atoms with van der Waals surface area (Å²) in [7, 11) is 0. The summed E-state index contributed by atoms with van der Waals surface area (Å²) in [6.07, 6.45) is 44.2. The third-order valence-electron chi connectivity index (χ3n) is 10.3. The molecule has 2 N–H and O–H groups in total. The minimum Gasteiger partial charge on any atom is -0.462 e. The third-order valence-corrected chi connectivity index (χ3v) is 10.3. The van der Waals surface area contributed by atoms with Gasteiger partial charge >= 0.3 is 17.9 Å². The molecule has 0 heterocycles. The Morgan fingerprint density at radius 3 is 1.35 bits per heavy atom. The second-order valence-electron chi connectivity index (χ2n) is 15.8. The Balaban J connectivity index is 2.31. The van der Waals surface area contributed by atoms with Gasteiger partial charge in [-0.05, 0) is 75.8 Å². The molecular formula is C50H83NO6. The van der Waals surface area contributed by atoms with Crippen molar-refractivity contribution in [3.8, 4) is 0 Å². The van der Waals surface area contributed by atoms with Crippen LogP contribution in [-0.4, -0.2) is 37.2 Å². The van der Waals surface area contributed by atoms with E-state index in [1.165, 1.54) is 115 Å². The van der Waals surface area contributed by atoms with Crippen LogP contribution in [0.1, 0.15) is 212 Å². The maximum absolute atomic E-state index is 12.8. The highest BCUT2D eigenvalue weighted by molar-refractivity contribution is 5.92. The molecule has 1 rings (SSSR count). The summed E-state index contributed by atoms with van der Waals surface area (Å²) in [5.41, 5.74) is 6.68. The van der Waals surface area contributed by atoms with Crippen LogP contribution in [0.2, 0.25) is 0 Å². The number of rotatable bonds is 39. The molecule has 0 aliphatic carbocycles. The first-order valence-corrected chi connectivity index (χ1v) is 23.3. The number of hydrogen-bond donors (Lipinski definition) is 1. The van der Waals surface area contributed by atoms with Gasteiger partial charge in [0.15, 0.2) is 6.10 Å². The molecule has 57 heavy (non-hydrogen) atoms. The average Bonchev–Trinajstić information content (AvgIpc) is 3.21. The lowest BCUT2D eigenvalue weighted by Crippen LogP contribution is -2.31. The molecular weight excluding hydrogens is 711 g/mol. The van der Waals surface area contributed by atoms with Gasteiger partial charge in [0.25, 0.3) is 0 Å². The second-order valence-corrected chi connectivity index (χ2v) is 15.8. The Morgan fingerprint density at radius 2 is 0.895 bits per heavy atom. The van der Waals surface area contributed by atoms with Crippen LogP contribution in [0.4, 0.5) is 0 Å². The summed E-state index contributed by atoms with van der Waals surface area (Å²) in [5, 5.41) is 0. The number of carbonyl (C=O) groups is 3. The molecule has 0 saturated heterocycles. The van der Waals surface area contributed by atoms with Crippen LogP contribution in [0.3, 0.4) is 0 Å². The van der Waals surface area contributed by atoms with Crippen LogP contribution < -0.4 is 5.73 Å². The van der Waals surface area contributed by atoms with E-state index in [9.17, 15) is 14.4 Å². The summed E-state index contributed by atoms with van der Waals surface area (Å²) in [5.74, 6) is -1.45. The zero-order chi connectivity index (χ0) is 41.3. The van der Waals surface area contributed by atoms with E-state index in [0.29, 0.717) is 6.42 Å². The highest BCUT2D eigenvalue weighted by Crippen LogP contribution is 2.14. The standard InChI is InChI=1S/C50H83NO6/c1-3-5-7-9-11-13-15-17-19-21-23-25-27-29-31-36-40-48(52)55-43-46(44-56-50(54)47(51)42-45-38-34-33-35-39-45)57-49(53)41-37-32-30-28-26-24-22-20-18-16-14-12-10-8-6-4-2/h19-22,33-35,38-39,42,46H,3-18,23-32,36-37,40-41,43-44,51H2,1-2H3/b21-19+,22-20+,47-42+. The highest BCUT2D eigenvalue weighted by Gasteiger charge is 2.20. The minimum atomic E-state index is -0.901. The molecule has 1 aromatic carbocycles. The molecule has 0 aliphatic heterocycles. The Kier molecular flexibility index (Phi) is 35.8. The maximum Gasteiger partial charge on any atom is 0.354 e. The van der Waals surface area contributed by atoms with Gasteiger partial charge in [-0.15, -0.1) is 0 Å². The summed E-state index contributed by atoms with van der Waals surface area (Å²) in [4.78, 5) is 37.9. The average molecular weight is 794 g/mol. The molecule has 0 radical (unpaired) electrons. The lowest BCUT2D eigenvalue weighted by atomic mass is 10.1. The van der Waals surface area contributed by atoms with E-state index >= 15 is 0 Å². The van der Waals surface area contributed by atoms with Crippen LogP contribution in [0.25, 0.3) is 6.08 Å². The number of unbranched alkanes of at least 4 members (excludes halogenated alkanes) is 24. The summed E-state index contributed by atoms with van der Waals surface area (Å²) < 4.78 is 16.5. The van der Waals surface area contributed by atoms with Crippen molar-refractivity contribution in [3.63, 3.8) is 0 Å². The molecule has 0 fully saturated rings. The summed E-state index contributed by atoms with van der Waals surface area (Å²) >= 11 is 0. The van der Waals surface area contributed by atoms with Crippen LogP contribution in [0.5, 0.6) is 0 Å². The van der Waals surface area contributed by atoms with E-state index < -0.39 is 12.1 Å². The number of allylic oxidation sites excluding steroid dienone is 4. The molecule has 0 aromatic heterocycles. The van der Waals surface area contributed by atoms with Gasteiger partial charge in [-0.1, -0.05) is 184 Å². The van der Waals surface area contributed by atoms with E-state index in [1.54, 1.807) is 0 Å². The Bertz CT molecular complexity index is 1190. The molecule has 7 nitrogen and oxygen atoms in total. The number of hydrogen-bond acceptors (Lipinski definition) is 7. The number of esters is 3. The highest BCUT2D eigenvalue weighted by atomic mass is 16.6. The second kappa shape index (κ2) is 39.5. The molecule has 0 saturated carbocycles. The van der Waals surface area contributed by atoms with Crippen molar-refractivity contribution in [2.75, 3.05) is 13.2 Å². The van der Waals surface area contributed by atoms with Crippen LogP contribution in [0.15, 0.2) is 60.3 Å². The zero-order valence-corrected chi connectivity index (χ0v) is 36.5. The molecule has 1 atom stereocenters. The largest absolute Gasteiger partial charge is 0.462 e. The lowest BCUT2D eigenvalue weighted by molar-refractivity contribution is -0.165. The van der Waals surface area contributed by atoms with Gasteiger partial charge in [-0.2, -0.15) is 0 Å². The fourth-order valence-corrected chi connectivity index (χ4v) is 6.69. The fraction of sp³-hybridized carbons (Fsp3) is 0.700. The van der Waals surface area contributed by atoms with Gasteiger partial charge in [0.05, 0.1) is 0 Å². The first-order valence-electron chi connectivity index (χ1n) is 23.3. The monoisotopic (exact) mass is 794 g/mol. The molecule has 1 aromatic rings. The SMILES string of the molecule is CCCCCCCCC/C=C/CCCCCCCC(=O)OCC(COC(=O)/C(N)=C\c1ccccc1)OC(=O)CCCCCCC/C=C/CCCCCCCCC. The minimum absolute atomic E-state index is 0.0635. The van der Waals surface area contributed by atoms with Crippen molar-refractivity contribution in [2.45, 2.75) is 213 Å². The lowest BCUT2D eigenvalue weighted by Gasteiger charge is -2.18. The van der Waals surface area contributed by atoms with Gasteiger partial charge in [0.2, 0.25) is 0 Å². The number of carbonyl (C=O) groups excluding carboxylic acids is 3. The van der Waals surface area contributed by atoms with Crippen molar-refractivity contribution in [1.82, 2.24) is 0 Å². The number of nitrogens with two attached hydrogens (primary N) is 1. The topological polar surface area (TPSA) is 105 Å². The predicted molar refractivity (Wildman–Crippen MR) is 239 cm³/mol. The van der Waals surface area contributed by atoms with E-state index in [0.717, 1.165) is 76.2 Å². The van der Waals surface area contributed by atoms with Crippen LogP contribution in [-0.2, 0) is 28.6 Å². The van der Waals surface area contributed by atoms with Gasteiger partial charge in [-0.25, -0.2) is 4.79 Å². The normalized spacial score (nSPS) is 12.4. The fourth-order valence-electron chi connectivity index (χ4n) is 6.69. The first kappa shape index (κ1) is 51.7. The Labute approximate surface area is 349 Å². The molecule has 1 unspecified atom stereocenters. The summed E-state index contributed by atoms with van der Waals surface area (Å²) in [6, 6.07) is 9.24. The molecule has 324 valence electrons. The van der Waals surface area contributed by atoms with Gasteiger partial charge < -0.3 is 19.9 Å². The predicted octanol–water partition coefficient (Wildman–Crippen LogP) is 13.8. The molecule has 0 bridgehead atoms. The van der Waals surface area contributed by atoms with E-state index in [2.05, 4.69) is 38.2 Å². The van der Waals surface area contributed by atoms with Crippen molar-refractivity contribution in [1.29, 1.82) is 0 Å². The van der Waals surface area contributed by atoms with Crippen molar-refractivity contribution in [2.24, 2.45) is 5.73 Å². The van der Waals surface area contributed by atoms with Crippen molar-refractivity contribution < 1.29 is 28.6 Å². The zero-order valence-electron chi connectivity index (χ0n) is 36.5. The number of ether oxygens (including phenoxy) is 3. The molecule has 0 spiro atoms. The molecule has 0 aliphatic rings. The Morgan fingerprint density at radius 1 is 0.509 bits per heavy atom. The molecule has 7 heteroatoms. The van der Waals surface area contributed by atoms with Gasteiger partial charge in [0, 0.05) is 12.8 Å². The summed E-state index contributed by atoms with van der Waals surface area (Å²) in [6.45, 7) is 4.10. The van der Waals surface area contributed by atoms with Gasteiger partial charge in [-0.3, -0.25) is 9.59 Å². The Hall–Kier alpha value is -3.35. The number of benzene rings is 1. The van der Waals surface area contributed by atoms with Crippen LogP contribution in [0, 0.1) is 0 Å².